The van der Waals surface area contributed by atoms with Crippen LogP contribution in [0, 0.1) is 0 Å². The van der Waals surface area contributed by atoms with E-state index in [2.05, 4.69) is 10.2 Å². The van der Waals surface area contributed by atoms with Gasteiger partial charge in [-0.05, 0) is 24.3 Å². The Morgan fingerprint density at radius 2 is 1.79 bits per heavy atom. The number of carbonyl (C=O) groups is 2. The second kappa shape index (κ2) is 8.85. The van der Waals surface area contributed by atoms with Crippen molar-refractivity contribution in [3.8, 4) is 0 Å². The van der Waals surface area contributed by atoms with Crippen LogP contribution in [-0.2, 0) is 9.53 Å². The van der Waals surface area contributed by atoms with Crippen LogP contribution in [0.5, 0.6) is 0 Å². The summed E-state index contributed by atoms with van der Waals surface area (Å²) in [6.45, 7) is 0.673. The van der Waals surface area contributed by atoms with Gasteiger partial charge in [0, 0.05) is 37.3 Å². The van der Waals surface area contributed by atoms with Gasteiger partial charge in [-0.25, -0.2) is 4.79 Å². The highest BCUT2D eigenvalue weighted by Crippen LogP contribution is 2.18. The first kappa shape index (κ1) is 19.2. The molecule has 7 nitrogen and oxygen atoms in total. The molecule has 0 aliphatic rings. The molecule has 2 amide bonds. The summed E-state index contributed by atoms with van der Waals surface area (Å²) < 4.78 is 4.71. The average Bonchev–Trinajstić information content (AvgIpc) is 3.15. The van der Waals surface area contributed by atoms with Gasteiger partial charge in [0.2, 0.25) is 0 Å². The number of amides is 2. The largest absolute Gasteiger partial charge is 0.453 e. The van der Waals surface area contributed by atoms with Gasteiger partial charge >= 0.3 is 6.09 Å². The molecule has 1 heterocycles. The van der Waals surface area contributed by atoms with Gasteiger partial charge in [-0.15, -0.1) is 0 Å². The molecule has 0 unspecified atom stereocenters. The zero-order chi connectivity index (χ0) is 19.9. The molecular formula is C21H22N4O3. The minimum absolute atomic E-state index is 0.198. The number of hydrogen-bond acceptors (Lipinski definition) is 4. The minimum atomic E-state index is -0.445. The number of H-pyrrole nitrogens is 1. The molecule has 3 aromatic rings. The lowest BCUT2D eigenvalue weighted by atomic mass is 10.2. The predicted octanol–water partition coefficient (Wildman–Crippen LogP) is 3.31. The lowest BCUT2D eigenvalue weighted by Crippen LogP contribution is -2.38. The van der Waals surface area contributed by atoms with Crippen molar-refractivity contribution in [3.05, 3.63) is 66.4 Å². The van der Waals surface area contributed by atoms with E-state index in [9.17, 15) is 9.59 Å². The highest BCUT2D eigenvalue weighted by molar-refractivity contribution is 6.04. The van der Waals surface area contributed by atoms with Gasteiger partial charge in [0.1, 0.15) is 0 Å². The van der Waals surface area contributed by atoms with Crippen LogP contribution in [0.3, 0.4) is 0 Å². The summed E-state index contributed by atoms with van der Waals surface area (Å²) in [5.74, 6) is -0.198. The summed E-state index contributed by atoms with van der Waals surface area (Å²) in [6, 6.07) is 17.1. The second-order valence-corrected chi connectivity index (χ2v) is 6.20. The average molecular weight is 378 g/mol. The first-order valence-electron chi connectivity index (χ1n) is 8.87. The first-order valence-corrected chi connectivity index (χ1v) is 8.87. The number of methoxy groups -OCH3 is 1. The summed E-state index contributed by atoms with van der Waals surface area (Å²) in [4.78, 5) is 27.5. The summed E-state index contributed by atoms with van der Waals surface area (Å²) in [7, 11) is 2.96. The van der Waals surface area contributed by atoms with Crippen LogP contribution in [0.2, 0.25) is 0 Å². The van der Waals surface area contributed by atoms with E-state index in [1.165, 1.54) is 18.1 Å². The molecule has 0 aliphatic carbocycles. The van der Waals surface area contributed by atoms with E-state index >= 15 is 0 Å². The molecule has 0 atom stereocenters. The molecular weight excluding hydrogens is 356 g/mol. The van der Waals surface area contributed by atoms with Crippen molar-refractivity contribution in [1.29, 1.82) is 0 Å². The van der Waals surface area contributed by atoms with Crippen molar-refractivity contribution in [2.75, 3.05) is 32.1 Å². The van der Waals surface area contributed by atoms with Crippen LogP contribution in [-0.4, -0.2) is 54.3 Å². The fourth-order valence-electron chi connectivity index (χ4n) is 2.82. The van der Waals surface area contributed by atoms with Gasteiger partial charge in [0.15, 0.2) is 0 Å². The number of ether oxygens (including phenoxy) is 1. The van der Waals surface area contributed by atoms with Crippen molar-refractivity contribution < 1.29 is 14.3 Å². The lowest BCUT2D eigenvalue weighted by molar-refractivity contribution is -0.114. The summed E-state index contributed by atoms with van der Waals surface area (Å²) >= 11 is 0. The standard InChI is InChI=1S/C21H22N4O3/c1-24(21(27)28-2)14-15-25(16-8-4-3-5-9-16)20(26)13-12-19-17-10-6-7-11-18(17)22-23-19/h3-13H,14-15H2,1-2H3,(H,22,23). The predicted molar refractivity (Wildman–Crippen MR) is 109 cm³/mol. The molecule has 28 heavy (non-hydrogen) atoms. The Hall–Kier alpha value is -3.61. The maximum absolute atomic E-state index is 12.9. The molecule has 0 saturated heterocycles. The Balaban J connectivity index is 1.79. The first-order chi connectivity index (χ1) is 13.6. The number of hydrogen-bond donors (Lipinski definition) is 1. The topological polar surface area (TPSA) is 78.5 Å². The van der Waals surface area contributed by atoms with Crippen molar-refractivity contribution in [1.82, 2.24) is 15.1 Å². The highest BCUT2D eigenvalue weighted by atomic mass is 16.5. The number of likely N-dealkylation sites (N-methyl/N-ethyl adjacent to an activating group) is 1. The van der Waals surface area contributed by atoms with Crippen LogP contribution >= 0.6 is 0 Å². The van der Waals surface area contributed by atoms with E-state index in [1.54, 1.807) is 18.0 Å². The smallest absolute Gasteiger partial charge is 0.409 e. The summed E-state index contributed by atoms with van der Waals surface area (Å²) in [5.41, 5.74) is 2.36. The molecule has 1 aromatic heterocycles. The molecule has 1 N–H and O–H groups in total. The number of rotatable bonds is 6. The van der Waals surface area contributed by atoms with Crippen molar-refractivity contribution >= 4 is 34.7 Å². The minimum Gasteiger partial charge on any atom is -0.453 e. The van der Waals surface area contributed by atoms with Crippen LogP contribution in [0.15, 0.2) is 60.7 Å². The van der Waals surface area contributed by atoms with E-state index in [0.29, 0.717) is 18.8 Å². The fraction of sp³-hybridized carbons (Fsp3) is 0.190. The third-order valence-electron chi connectivity index (χ3n) is 4.36. The zero-order valence-electron chi connectivity index (χ0n) is 15.8. The van der Waals surface area contributed by atoms with Crippen LogP contribution in [0.4, 0.5) is 10.5 Å². The SMILES string of the molecule is COC(=O)N(C)CCN(C(=O)C=Cc1n[nH]c2ccccc12)c1ccccc1. The molecule has 0 fully saturated rings. The maximum atomic E-state index is 12.9. The Morgan fingerprint density at radius 3 is 2.54 bits per heavy atom. The van der Waals surface area contributed by atoms with Crippen LogP contribution in [0.25, 0.3) is 17.0 Å². The number of aromatic nitrogens is 2. The molecule has 144 valence electrons. The van der Waals surface area contributed by atoms with Gasteiger partial charge < -0.3 is 14.5 Å². The molecule has 7 heteroatoms. The van der Waals surface area contributed by atoms with Gasteiger partial charge in [0.25, 0.3) is 5.91 Å². The zero-order valence-corrected chi connectivity index (χ0v) is 15.8. The van der Waals surface area contributed by atoms with Gasteiger partial charge in [-0.3, -0.25) is 9.89 Å². The molecule has 3 rings (SSSR count). The maximum Gasteiger partial charge on any atom is 0.409 e. The normalized spacial score (nSPS) is 10.9. The lowest BCUT2D eigenvalue weighted by Gasteiger charge is -2.24. The van der Waals surface area contributed by atoms with Crippen molar-refractivity contribution in [2.45, 2.75) is 0 Å². The van der Waals surface area contributed by atoms with Crippen LogP contribution < -0.4 is 4.90 Å². The van der Waals surface area contributed by atoms with E-state index in [0.717, 1.165) is 16.6 Å². The number of nitrogens with zero attached hydrogens (tertiary/aromatic N) is 3. The Morgan fingerprint density at radius 1 is 1.07 bits per heavy atom. The summed E-state index contributed by atoms with van der Waals surface area (Å²) in [6.07, 6.45) is 2.74. The molecule has 0 spiro atoms. The van der Waals surface area contributed by atoms with Gasteiger partial charge in [-0.1, -0.05) is 36.4 Å². The molecule has 0 saturated carbocycles. The Kier molecular flexibility index (Phi) is 6.06. The monoisotopic (exact) mass is 378 g/mol. The third kappa shape index (κ3) is 4.37. The molecule has 0 aliphatic heterocycles. The number of anilines is 1. The van der Waals surface area contributed by atoms with Crippen molar-refractivity contribution in [2.24, 2.45) is 0 Å². The van der Waals surface area contributed by atoms with E-state index in [-0.39, 0.29) is 5.91 Å². The molecule has 0 bridgehead atoms. The highest BCUT2D eigenvalue weighted by Gasteiger charge is 2.16. The number of para-hydroxylation sites is 2. The number of benzene rings is 2. The van der Waals surface area contributed by atoms with Crippen LogP contribution in [0.1, 0.15) is 5.69 Å². The van der Waals surface area contributed by atoms with E-state index < -0.39 is 6.09 Å². The fourth-order valence-corrected chi connectivity index (χ4v) is 2.82. The van der Waals surface area contributed by atoms with Gasteiger partial charge in [-0.2, -0.15) is 5.10 Å². The Bertz CT molecular complexity index is 981. The Labute approximate surface area is 163 Å². The quantitative estimate of drug-likeness (QED) is 0.668. The van der Waals surface area contributed by atoms with E-state index in [4.69, 9.17) is 4.74 Å². The third-order valence-corrected chi connectivity index (χ3v) is 4.36. The molecule has 2 aromatic carbocycles. The number of fused-ring (bicyclic) bond motifs is 1. The second-order valence-electron chi connectivity index (χ2n) is 6.20. The number of nitrogens with one attached hydrogen (secondary N) is 1. The number of aromatic amines is 1. The molecule has 0 radical (unpaired) electrons. The van der Waals surface area contributed by atoms with E-state index in [1.807, 2.05) is 54.6 Å². The summed E-state index contributed by atoms with van der Waals surface area (Å²) in [5, 5.41) is 8.15. The van der Waals surface area contributed by atoms with Gasteiger partial charge in [0.05, 0.1) is 18.3 Å². The number of carbonyl (C=O) groups excluding carboxylic acids is 2. The van der Waals surface area contributed by atoms with Crippen molar-refractivity contribution in [3.63, 3.8) is 0 Å².